The fourth-order valence-electron chi connectivity index (χ4n) is 2.55. The van der Waals surface area contributed by atoms with Crippen molar-refractivity contribution < 1.29 is 9.21 Å². The highest BCUT2D eigenvalue weighted by Crippen LogP contribution is 2.25. The molecule has 0 unspecified atom stereocenters. The molecule has 3 aromatic rings. The first-order valence-corrected chi connectivity index (χ1v) is 9.20. The predicted molar refractivity (Wildman–Crippen MR) is 102 cm³/mol. The molecule has 0 saturated carbocycles. The Balaban J connectivity index is 1.72. The van der Waals surface area contributed by atoms with E-state index in [1.165, 1.54) is 16.4 Å². The number of nitrogen functional groups attached to an aromatic ring is 1. The Kier molecular flexibility index (Phi) is 5.78. The molecular weight excluding hydrogens is 364 g/mol. The second kappa shape index (κ2) is 8.42. The van der Waals surface area contributed by atoms with E-state index in [1.54, 1.807) is 17.2 Å². The number of para-hydroxylation sites is 1. The van der Waals surface area contributed by atoms with Crippen molar-refractivity contribution in [2.75, 3.05) is 23.0 Å². The van der Waals surface area contributed by atoms with E-state index < -0.39 is 0 Å². The lowest BCUT2D eigenvalue weighted by Gasteiger charge is -2.21. The number of carbonyl (C=O) groups is 1. The normalized spacial score (nSPS) is 10.5. The monoisotopic (exact) mass is 382 g/mol. The number of carbonyl (C=O) groups excluding carboxylic acids is 1. The quantitative estimate of drug-likeness (QED) is 0.493. The number of thioether (sulfide) groups is 1. The van der Waals surface area contributed by atoms with Crippen LogP contribution < -0.4 is 10.7 Å². The average molecular weight is 382 g/mol. The number of nitrogens with two attached hydrogens (primary N) is 1. The summed E-state index contributed by atoms with van der Waals surface area (Å²) in [6, 6.07) is 13.1. The molecule has 27 heavy (non-hydrogen) atoms. The molecule has 0 fully saturated rings. The Labute approximate surface area is 160 Å². The first kappa shape index (κ1) is 18.5. The minimum absolute atomic E-state index is 0.125. The number of amides is 1. The molecule has 0 aliphatic heterocycles. The standard InChI is InChI=1S/C18H18N6O2S/c1-13-15(8-11-26-13)17-21-22-18(24(17)20)27-12-16(25)23(10-5-9-19)14-6-3-2-4-7-14/h2-4,6-8,11H,5,10,12,20H2,1H3. The lowest BCUT2D eigenvalue weighted by molar-refractivity contribution is -0.116. The van der Waals surface area contributed by atoms with E-state index >= 15 is 0 Å². The highest BCUT2D eigenvalue weighted by Gasteiger charge is 2.19. The van der Waals surface area contributed by atoms with Crippen molar-refractivity contribution >= 4 is 23.4 Å². The van der Waals surface area contributed by atoms with Gasteiger partial charge in [-0.15, -0.1) is 10.2 Å². The molecule has 0 radical (unpaired) electrons. The third-order valence-corrected chi connectivity index (χ3v) is 4.83. The van der Waals surface area contributed by atoms with Gasteiger partial charge in [-0.2, -0.15) is 5.26 Å². The summed E-state index contributed by atoms with van der Waals surface area (Å²) in [5, 5.41) is 17.4. The van der Waals surface area contributed by atoms with Gasteiger partial charge in [0.2, 0.25) is 11.1 Å². The molecule has 1 amide bonds. The van der Waals surface area contributed by atoms with Crippen molar-refractivity contribution in [2.24, 2.45) is 0 Å². The average Bonchev–Trinajstić information content (AvgIpc) is 3.26. The van der Waals surface area contributed by atoms with Gasteiger partial charge in [-0.25, -0.2) is 4.68 Å². The van der Waals surface area contributed by atoms with E-state index in [0.29, 0.717) is 23.3 Å². The Bertz CT molecular complexity index is 960. The third kappa shape index (κ3) is 4.12. The lowest BCUT2D eigenvalue weighted by atomic mass is 10.2. The molecule has 2 heterocycles. The van der Waals surface area contributed by atoms with E-state index in [9.17, 15) is 4.79 Å². The lowest BCUT2D eigenvalue weighted by Crippen LogP contribution is -2.33. The fraction of sp³-hybridized carbons (Fsp3) is 0.222. The van der Waals surface area contributed by atoms with Crippen LogP contribution in [-0.4, -0.2) is 33.1 Å². The van der Waals surface area contributed by atoms with Crippen LogP contribution in [0.25, 0.3) is 11.4 Å². The van der Waals surface area contributed by atoms with Crippen molar-refractivity contribution in [1.29, 1.82) is 5.26 Å². The topological polar surface area (TPSA) is 114 Å². The number of furan rings is 1. The molecule has 0 atom stereocenters. The maximum atomic E-state index is 12.7. The zero-order valence-corrected chi connectivity index (χ0v) is 15.5. The summed E-state index contributed by atoms with van der Waals surface area (Å²) in [6.07, 6.45) is 1.81. The van der Waals surface area contributed by atoms with E-state index in [4.69, 9.17) is 15.5 Å². The van der Waals surface area contributed by atoms with Crippen molar-refractivity contribution in [1.82, 2.24) is 14.9 Å². The van der Waals surface area contributed by atoms with E-state index in [0.717, 1.165) is 11.3 Å². The Morgan fingerprint density at radius 1 is 1.33 bits per heavy atom. The Morgan fingerprint density at radius 2 is 2.11 bits per heavy atom. The summed E-state index contributed by atoms with van der Waals surface area (Å²) in [7, 11) is 0. The molecule has 138 valence electrons. The van der Waals surface area contributed by atoms with Crippen LogP contribution in [-0.2, 0) is 4.79 Å². The number of aryl methyl sites for hydroxylation is 1. The third-order valence-electron chi connectivity index (χ3n) is 3.91. The summed E-state index contributed by atoms with van der Waals surface area (Å²) in [6.45, 7) is 2.14. The molecule has 0 saturated heterocycles. The first-order valence-electron chi connectivity index (χ1n) is 8.22. The number of hydrogen-bond acceptors (Lipinski definition) is 7. The number of aromatic nitrogens is 3. The zero-order valence-electron chi connectivity index (χ0n) is 14.7. The summed E-state index contributed by atoms with van der Waals surface area (Å²) < 4.78 is 6.61. The molecule has 0 aliphatic rings. The smallest absolute Gasteiger partial charge is 0.237 e. The van der Waals surface area contributed by atoms with Crippen LogP contribution in [0.15, 0.2) is 52.2 Å². The van der Waals surface area contributed by atoms with Crippen LogP contribution >= 0.6 is 11.8 Å². The highest BCUT2D eigenvalue weighted by atomic mass is 32.2. The van der Waals surface area contributed by atoms with Crippen LogP contribution in [0.3, 0.4) is 0 Å². The van der Waals surface area contributed by atoms with Gasteiger partial charge in [0.15, 0.2) is 5.82 Å². The summed E-state index contributed by atoms with van der Waals surface area (Å²) >= 11 is 1.20. The SMILES string of the molecule is Cc1occc1-c1nnc(SCC(=O)N(CCC#N)c2ccccc2)n1N. The van der Waals surface area contributed by atoms with E-state index in [-0.39, 0.29) is 18.1 Å². The van der Waals surface area contributed by atoms with Gasteiger partial charge in [-0.1, -0.05) is 30.0 Å². The number of nitriles is 1. The molecule has 9 heteroatoms. The molecular formula is C18H18N6O2S. The van der Waals surface area contributed by atoms with Crippen molar-refractivity contribution in [3.8, 4) is 17.5 Å². The van der Waals surface area contributed by atoms with Gasteiger partial charge >= 0.3 is 0 Å². The molecule has 8 nitrogen and oxygen atoms in total. The fourth-order valence-corrected chi connectivity index (χ4v) is 3.28. The van der Waals surface area contributed by atoms with Gasteiger partial charge < -0.3 is 15.2 Å². The second-order valence-corrected chi connectivity index (χ2v) is 6.59. The van der Waals surface area contributed by atoms with Crippen LogP contribution in [0.5, 0.6) is 0 Å². The van der Waals surface area contributed by atoms with Crippen molar-refractivity contribution in [3.05, 3.63) is 48.4 Å². The number of nitrogens with zero attached hydrogens (tertiary/aromatic N) is 5. The largest absolute Gasteiger partial charge is 0.469 e. The number of benzene rings is 1. The molecule has 3 rings (SSSR count). The number of hydrogen-bond donors (Lipinski definition) is 1. The minimum atomic E-state index is -0.134. The van der Waals surface area contributed by atoms with Crippen LogP contribution in [0.2, 0.25) is 0 Å². The molecule has 2 aromatic heterocycles. The van der Waals surface area contributed by atoms with E-state index in [1.807, 2.05) is 37.3 Å². The van der Waals surface area contributed by atoms with Gasteiger partial charge in [-0.3, -0.25) is 4.79 Å². The summed E-state index contributed by atoms with van der Waals surface area (Å²) in [4.78, 5) is 14.3. The van der Waals surface area contributed by atoms with Crippen LogP contribution in [0.1, 0.15) is 12.2 Å². The maximum Gasteiger partial charge on any atom is 0.237 e. The molecule has 1 aromatic carbocycles. The summed E-state index contributed by atoms with van der Waals surface area (Å²) in [5.74, 6) is 7.23. The highest BCUT2D eigenvalue weighted by molar-refractivity contribution is 7.99. The number of rotatable bonds is 7. The van der Waals surface area contributed by atoms with Gasteiger partial charge in [0, 0.05) is 12.2 Å². The van der Waals surface area contributed by atoms with Gasteiger partial charge in [0.25, 0.3) is 0 Å². The van der Waals surface area contributed by atoms with Gasteiger partial charge in [-0.05, 0) is 25.1 Å². The predicted octanol–water partition coefficient (Wildman–Crippen LogP) is 2.60. The van der Waals surface area contributed by atoms with Crippen LogP contribution in [0, 0.1) is 18.3 Å². The number of anilines is 1. The Morgan fingerprint density at radius 3 is 2.78 bits per heavy atom. The second-order valence-electron chi connectivity index (χ2n) is 5.64. The van der Waals surface area contributed by atoms with Crippen molar-refractivity contribution in [3.63, 3.8) is 0 Å². The van der Waals surface area contributed by atoms with Crippen molar-refractivity contribution in [2.45, 2.75) is 18.5 Å². The summed E-state index contributed by atoms with van der Waals surface area (Å²) in [5.41, 5.74) is 1.50. The Hall–Kier alpha value is -3.25. The van der Waals surface area contributed by atoms with Gasteiger partial charge in [0.05, 0.1) is 30.1 Å². The van der Waals surface area contributed by atoms with E-state index in [2.05, 4.69) is 16.3 Å². The van der Waals surface area contributed by atoms with Gasteiger partial charge in [0.1, 0.15) is 5.76 Å². The molecule has 2 N–H and O–H groups in total. The minimum Gasteiger partial charge on any atom is -0.469 e. The first-order chi connectivity index (χ1) is 13.1. The molecule has 0 spiro atoms. The zero-order chi connectivity index (χ0) is 19.2. The molecule has 0 aliphatic carbocycles. The molecule has 0 bridgehead atoms. The maximum absolute atomic E-state index is 12.7. The van der Waals surface area contributed by atoms with Crippen LogP contribution in [0.4, 0.5) is 5.69 Å².